The molecule has 2 N–H and O–H groups in total. The van der Waals surface area contributed by atoms with Crippen LogP contribution in [0.4, 0.5) is 0 Å². The van der Waals surface area contributed by atoms with Crippen LogP contribution in [0, 0.1) is 0 Å². The number of ether oxygens (including phenoxy) is 1. The van der Waals surface area contributed by atoms with Crippen molar-refractivity contribution in [3.63, 3.8) is 0 Å². The van der Waals surface area contributed by atoms with Gasteiger partial charge in [-0.25, -0.2) is 0 Å². The highest BCUT2D eigenvalue weighted by atomic mass is 16.5. The van der Waals surface area contributed by atoms with Gasteiger partial charge in [0.1, 0.15) is 0 Å². The third kappa shape index (κ3) is 4.58. The van der Waals surface area contributed by atoms with E-state index in [1.165, 1.54) is 20.0 Å². The minimum Gasteiger partial charge on any atom is -0.469 e. The highest BCUT2D eigenvalue weighted by Crippen LogP contribution is 2.04. The molecule has 4 heteroatoms. The molecule has 1 aliphatic rings. The van der Waals surface area contributed by atoms with Crippen LogP contribution in [0.15, 0.2) is 0 Å². The third-order valence-corrected chi connectivity index (χ3v) is 2.57. The Kier molecular flexibility index (Phi) is 5.56. The fourth-order valence-electron chi connectivity index (χ4n) is 1.70. The second-order valence-corrected chi connectivity index (χ2v) is 3.66. The summed E-state index contributed by atoms with van der Waals surface area (Å²) in [4.78, 5) is 10.8. The molecule has 1 rings (SSSR count). The molecule has 0 spiro atoms. The summed E-state index contributed by atoms with van der Waals surface area (Å²) in [6.45, 7) is 2.93. The number of esters is 1. The van der Waals surface area contributed by atoms with Crippen LogP contribution < -0.4 is 10.6 Å². The minimum atomic E-state index is -0.135. The SMILES string of the molecule is COC(=O)CCNC1CCCNCC1. The van der Waals surface area contributed by atoms with Gasteiger partial charge in [-0.05, 0) is 32.4 Å². The second kappa shape index (κ2) is 6.79. The Labute approximate surface area is 85.4 Å². The Morgan fingerprint density at radius 1 is 1.50 bits per heavy atom. The first-order valence-corrected chi connectivity index (χ1v) is 5.34. The van der Waals surface area contributed by atoms with Gasteiger partial charge in [0.15, 0.2) is 0 Å². The lowest BCUT2D eigenvalue weighted by molar-refractivity contribution is -0.140. The van der Waals surface area contributed by atoms with Gasteiger partial charge in [-0.15, -0.1) is 0 Å². The van der Waals surface area contributed by atoms with Crippen molar-refractivity contribution in [2.45, 2.75) is 31.7 Å². The first kappa shape index (κ1) is 11.5. The Morgan fingerprint density at radius 3 is 3.14 bits per heavy atom. The summed E-state index contributed by atoms with van der Waals surface area (Å²) in [6, 6.07) is 0.564. The maximum atomic E-state index is 10.8. The lowest BCUT2D eigenvalue weighted by Gasteiger charge is -2.14. The molecular formula is C10H20N2O2. The summed E-state index contributed by atoms with van der Waals surface area (Å²) in [6.07, 6.45) is 4.05. The molecule has 0 amide bonds. The summed E-state index contributed by atoms with van der Waals surface area (Å²) in [5.74, 6) is -0.135. The fraction of sp³-hybridized carbons (Fsp3) is 0.900. The molecule has 82 valence electrons. The summed E-state index contributed by atoms with van der Waals surface area (Å²) in [7, 11) is 1.43. The van der Waals surface area contributed by atoms with Gasteiger partial charge in [-0.3, -0.25) is 4.79 Å². The Morgan fingerprint density at radius 2 is 2.36 bits per heavy atom. The van der Waals surface area contributed by atoms with Crippen LogP contribution in [0.1, 0.15) is 25.7 Å². The maximum Gasteiger partial charge on any atom is 0.306 e. The Balaban J connectivity index is 2.07. The standard InChI is InChI=1S/C10H20N2O2/c1-14-10(13)5-8-12-9-3-2-6-11-7-4-9/h9,11-12H,2-8H2,1H3. The molecule has 0 saturated carbocycles. The molecule has 1 heterocycles. The smallest absolute Gasteiger partial charge is 0.306 e. The zero-order valence-electron chi connectivity index (χ0n) is 8.84. The van der Waals surface area contributed by atoms with Crippen LogP contribution in [0.2, 0.25) is 0 Å². The molecule has 0 aromatic heterocycles. The van der Waals surface area contributed by atoms with E-state index in [1.54, 1.807) is 0 Å². The quantitative estimate of drug-likeness (QED) is 0.640. The molecule has 1 aliphatic heterocycles. The van der Waals surface area contributed by atoms with Gasteiger partial charge in [0.25, 0.3) is 0 Å². The van der Waals surface area contributed by atoms with E-state index in [-0.39, 0.29) is 5.97 Å². The van der Waals surface area contributed by atoms with Crippen LogP contribution in [-0.4, -0.2) is 38.8 Å². The number of rotatable bonds is 4. The van der Waals surface area contributed by atoms with E-state index >= 15 is 0 Å². The van der Waals surface area contributed by atoms with Crippen molar-refractivity contribution in [2.24, 2.45) is 0 Å². The van der Waals surface area contributed by atoms with E-state index in [0.717, 1.165) is 26.1 Å². The molecule has 0 aliphatic carbocycles. The van der Waals surface area contributed by atoms with Crippen molar-refractivity contribution < 1.29 is 9.53 Å². The highest BCUT2D eigenvalue weighted by Gasteiger charge is 2.11. The van der Waals surface area contributed by atoms with E-state index in [2.05, 4.69) is 15.4 Å². The van der Waals surface area contributed by atoms with E-state index < -0.39 is 0 Å². The monoisotopic (exact) mass is 200 g/mol. The molecule has 1 saturated heterocycles. The van der Waals surface area contributed by atoms with Crippen molar-refractivity contribution in [2.75, 3.05) is 26.7 Å². The number of carbonyl (C=O) groups is 1. The molecule has 4 nitrogen and oxygen atoms in total. The molecule has 0 bridgehead atoms. The van der Waals surface area contributed by atoms with Gasteiger partial charge in [0, 0.05) is 12.6 Å². The summed E-state index contributed by atoms with van der Waals surface area (Å²) >= 11 is 0. The van der Waals surface area contributed by atoms with Crippen LogP contribution in [0.3, 0.4) is 0 Å². The Bertz CT molecular complexity index is 166. The van der Waals surface area contributed by atoms with E-state index in [0.29, 0.717) is 12.5 Å². The number of nitrogens with one attached hydrogen (secondary N) is 2. The van der Waals surface area contributed by atoms with Gasteiger partial charge >= 0.3 is 5.97 Å². The average Bonchev–Trinajstić information content (AvgIpc) is 2.46. The van der Waals surface area contributed by atoms with Crippen LogP contribution in [0.25, 0.3) is 0 Å². The third-order valence-electron chi connectivity index (χ3n) is 2.57. The molecular weight excluding hydrogens is 180 g/mol. The molecule has 1 atom stereocenters. The highest BCUT2D eigenvalue weighted by molar-refractivity contribution is 5.69. The molecule has 1 unspecified atom stereocenters. The van der Waals surface area contributed by atoms with Crippen molar-refractivity contribution in [1.29, 1.82) is 0 Å². The number of methoxy groups -OCH3 is 1. The average molecular weight is 200 g/mol. The largest absolute Gasteiger partial charge is 0.469 e. The second-order valence-electron chi connectivity index (χ2n) is 3.66. The number of carbonyl (C=O) groups excluding carboxylic acids is 1. The van der Waals surface area contributed by atoms with Crippen LogP contribution in [0.5, 0.6) is 0 Å². The summed E-state index contributed by atoms with van der Waals surface area (Å²) in [5.41, 5.74) is 0. The topological polar surface area (TPSA) is 50.4 Å². The van der Waals surface area contributed by atoms with Crippen LogP contribution in [-0.2, 0) is 9.53 Å². The number of hydrogen-bond donors (Lipinski definition) is 2. The van der Waals surface area contributed by atoms with Crippen LogP contribution >= 0.6 is 0 Å². The fourth-order valence-corrected chi connectivity index (χ4v) is 1.70. The lowest BCUT2D eigenvalue weighted by atomic mass is 10.1. The first-order valence-electron chi connectivity index (χ1n) is 5.34. The predicted octanol–water partition coefficient (Wildman–Crippen LogP) is 0.281. The normalized spacial score (nSPS) is 22.8. The maximum absolute atomic E-state index is 10.8. The zero-order chi connectivity index (χ0) is 10.2. The predicted molar refractivity (Wildman–Crippen MR) is 55.1 cm³/mol. The van der Waals surface area contributed by atoms with Crippen molar-refractivity contribution in [3.8, 4) is 0 Å². The van der Waals surface area contributed by atoms with Gasteiger partial charge in [0.05, 0.1) is 13.5 Å². The van der Waals surface area contributed by atoms with Crippen molar-refractivity contribution in [3.05, 3.63) is 0 Å². The molecule has 0 radical (unpaired) electrons. The van der Waals surface area contributed by atoms with Gasteiger partial charge in [-0.1, -0.05) is 0 Å². The van der Waals surface area contributed by atoms with Crippen molar-refractivity contribution >= 4 is 5.97 Å². The van der Waals surface area contributed by atoms with Crippen molar-refractivity contribution in [1.82, 2.24) is 10.6 Å². The minimum absolute atomic E-state index is 0.135. The molecule has 1 fully saturated rings. The number of hydrogen-bond acceptors (Lipinski definition) is 4. The summed E-state index contributed by atoms with van der Waals surface area (Å²) in [5, 5.41) is 6.74. The van der Waals surface area contributed by atoms with Gasteiger partial charge in [0.2, 0.25) is 0 Å². The molecule has 14 heavy (non-hydrogen) atoms. The zero-order valence-corrected chi connectivity index (χ0v) is 8.84. The molecule has 0 aromatic rings. The van der Waals surface area contributed by atoms with E-state index in [9.17, 15) is 4.79 Å². The summed E-state index contributed by atoms with van der Waals surface area (Å²) < 4.78 is 4.57. The lowest BCUT2D eigenvalue weighted by Crippen LogP contribution is -2.31. The first-order chi connectivity index (χ1) is 6.83. The van der Waals surface area contributed by atoms with E-state index in [4.69, 9.17) is 0 Å². The van der Waals surface area contributed by atoms with E-state index in [1.807, 2.05) is 0 Å². The van der Waals surface area contributed by atoms with Gasteiger partial charge in [-0.2, -0.15) is 0 Å². The molecule has 0 aromatic carbocycles. The van der Waals surface area contributed by atoms with Gasteiger partial charge < -0.3 is 15.4 Å². The Hall–Kier alpha value is -0.610.